The van der Waals surface area contributed by atoms with Crippen LogP contribution in [-0.4, -0.2) is 13.1 Å². The Hall–Kier alpha value is -0.240. The molecule has 1 aromatic rings. The average Bonchev–Trinajstić information content (AvgIpc) is 2.75. The fraction of sp³-hybridized carbons (Fsp3) is 0.625. The van der Waals surface area contributed by atoms with Crippen LogP contribution in [0.15, 0.2) is 12.1 Å². The van der Waals surface area contributed by atoms with Gasteiger partial charge in [-0.05, 0) is 41.4 Å². The molecule has 1 aromatic carbocycles. The van der Waals surface area contributed by atoms with E-state index in [1.165, 1.54) is 29.5 Å². The van der Waals surface area contributed by atoms with E-state index < -0.39 is 0 Å². The summed E-state index contributed by atoms with van der Waals surface area (Å²) in [5.41, 5.74) is 4.74. The molecular formula is C16H23Cl2N. The van der Waals surface area contributed by atoms with E-state index in [1.807, 2.05) is 0 Å². The predicted octanol–water partition coefficient (Wildman–Crippen LogP) is 4.35. The maximum absolute atomic E-state index is 6.62. The third-order valence-electron chi connectivity index (χ3n) is 4.92. The maximum Gasteiger partial charge on any atom is 0.0472 e. The number of nitrogens with one attached hydrogen (secondary N) is 1. The zero-order valence-electron chi connectivity index (χ0n) is 11.8. The summed E-state index contributed by atoms with van der Waals surface area (Å²) in [4.78, 5) is 0. The van der Waals surface area contributed by atoms with Gasteiger partial charge in [0.15, 0.2) is 0 Å². The molecule has 1 heterocycles. The number of rotatable bonds is 2. The molecule has 0 bridgehead atoms. The number of hydrogen-bond donors (Lipinski definition) is 1. The Morgan fingerprint density at radius 2 is 2.21 bits per heavy atom. The molecular weight excluding hydrogens is 277 g/mol. The van der Waals surface area contributed by atoms with Crippen LogP contribution < -0.4 is 5.32 Å². The summed E-state index contributed by atoms with van der Waals surface area (Å²) in [5.74, 6) is 0.662. The summed E-state index contributed by atoms with van der Waals surface area (Å²) in [7, 11) is 0. The van der Waals surface area contributed by atoms with Crippen LogP contribution >= 0.6 is 24.0 Å². The first kappa shape index (κ1) is 15.2. The molecule has 1 saturated heterocycles. The molecule has 1 N–H and O–H groups in total. The number of fused-ring (bicyclic) bond motifs is 3. The van der Waals surface area contributed by atoms with Crippen molar-refractivity contribution in [3.63, 3.8) is 0 Å². The Balaban J connectivity index is 0.00000133. The first-order valence-electron chi connectivity index (χ1n) is 7.16. The monoisotopic (exact) mass is 299 g/mol. The summed E-state index contributed by atoms with van der Waals surface area (Å²) in [6, 6.07) is 4.61. The van der Waals surface area contributed by atoms with Gasteiger partial charge in [0.2, 0.25) is 0 Å². The molecule has 0 saturated carbocycles. The quantitative estimate of drug-likeness (QED) is 0.856. The number of halogens is 2. The fourth-order valence-corrected chi connectivity index (χ4v) is 4.12. The largest absolute Gasteiger partial charge is 0.316 e. The predicted molar refractivity (Wildman–Crippen MR) is 84.7 cm³/mol. The van der Waals surface area contributed by atoms with Gasteiger partial charge >= 0.3 is 0 Å². The molecule has 0 aromatic heterocycles. The van der Waals surface area contributed by atoms with Crippen LogP contribution in [0, 0.1) is 5.41 Å². The average molecular weight is 300 g/mol. The molecule has 2 aliphatic rings. The van der Waals surface area contributed by atoms with Gasteiger partial charge in [0.25, 0.3) is 0 Å². The van der Waals surface area contributed by atoms with Gasteiger partial charge in [0.05, 0.1) is 0 Å². The fourth-order valence-electron chi connectivity index (χ4n) is 3.76. The van der Waals surface area contributed by atoms with E-state index in [0.29, 0.717) is 11.3 Å². The molecule has 19 heavy (non-hydrogen) atoms. The van der Waals surface area contributed by atoms with Crippen LogP contribution in [0.1, 0.15) is 49.3 Å². The Labute approximate surface area is 127 Å². The second-order valence-corrected chi connectivity index (χ2v) is 6.57. The van der Waals surface area contributed by atoms with Crippen molar-refractivity contribution in [2.45, 2.75) is 45.4 Å². The highest BCUT2D eigenvalue weighted by Crippen LogP contribution is 2.49. The Morgan fingerprint density at radius 1 is 1.42 bits per heavy atom. The lowest BCUT2D eigenvalue weighted by Gasteiger charge is -2.37. The minimum atomic E-state index is 0. The third-order valence-corrected chi connectivity index (χ3v) is 5.39. The van der Waals surface area contributed by atoms with Crippen LogP contribution in [0.2, 0.25) is 5.02 Å². The highest BCUT2D eigenvalue weighted by atomic mass is 35.5. The summed E-state index contributed by atoms with van der Waals surface area (Å²) < 4.78 is 0. The number of hydrogen-bond acceptors (Lipinski definition) is 1. The van der Waals surface area contributed by atoms with Crippen molar-refractivity contribution in [1.29, 1.82) is 0 Å². The second-order valence-electron chi connectivity index (χ2n) is 6.19. The van der Waals surface area contributed by atoms with Gasteiger partial charge in [-0.3, -0.25) is 0 Å². The summed E-state index contributed by atoms with van der Waals surface area (Å²) in [6.45, 7) is 6.92. The van der Waals surface area contributed by atoms with Gasteiger partial charge < -0.3 is 5.32 Å². The first-order valence-corrected chi connectivity index (χ1v) is 7.54. The molecule has 0 radical (unpaired) electrons. The van der Waals surface area contributed by atoms with Crippen molar-refractivity contribution >= 4 is 24.0 Å². The molecule has 1 fully saturated rings. The van der Waals surface area contributed by atoms with Gasteiger partial charge in [-0.1, -0.05) is 44.0 Å². The first-order chi connectivity index (χ1) is 8.65. The summed E-state index contributed by atoms with van der Waals surface area (Å²) in [5, 5.41) is 4.62. The van der Waals surface area contributed by atoms with Gasteiger partial charge in [0, 0.05) is 24.0 Å². The lowest BCUT2D eigenvalue weighted by molar-refractivity contribution is 0.277. The molecule has 106 valence electrons. The molecule has 2 atom stereocenters. The van der Waals surface area contributed by atoms with Crippen LogP contribution in [0.5, 0.6) is 0 Å². The van der Waals surface area contributed by atoms with Crippen molar-refractivity contribution in [3.05, 3.63) is 33.8 Å². The third kappa shape index (κ3) is 2.41. The van der Waals surface area contributed by atoms with Crippen LogP contribution in [0.25, 0.3) is 0 Å². The van der Waals surface area contributed by atoms with Crippen molar-refractivity contribution in [2.24, 2.45) is 5.41 Å². The number of aryl methyl sites for hydroxylation is 1. The minimum absolute atomic E-state index is 0. The van der Waals surface area contributed by atoms with Gasteiger partial charge in [-0.15, -0.1) is 12.4 Å². The Morgan fingerprint density at radius 3 is 2.95 bits per heavy atom. The lowest BCUT2D eigenvalue weighted by Crippen LogP contribution is -2.30. The molecule has 3 heteroatoms. The highest BCUT2D eigenvalue weighted by molar-refractivity contribution is 6.32. The molecule has 1 aliphatic heterocycles. The van der Waals surface area contributed by atoms with E-state index >= 15 is 0 Å². The van der Waals surface area contributed by atoms with E-state index in [4.69, 9.17) is 11.6 Å². The summed E-state index contributed by atoms with van der Waals surface area (Å²) >= 11 is 6.62. The molecule has 3 rings (SSSR count). The zero-order valence-corrected chi connectivity index (χ0v) is 13.3. The molecule has 1 nitrogen and oxygen atoms in total. The number of benzene rings is 1. The SMILES string of the molecule is CCCc1ccc2c(c1Cl)CC[C@@]1(C)CNC[C@H]21.Cl. The Kier molecular flexibility index (Phi) is 4.49. The molecule has 0 unspecified atom stereocenters. The summed E-state index contributed by atoms with van der Waals surface area (Å²) in [6.07, 6.45) is 4.70. The standard InChI is InChI=1S/C16H22ClN.ClH/c1-3-4-11-5-6-12-13(15(11)17)7-8-16(2)10-18-9-14(12)16;/h5-6,14,18H,3-4,7-10H2,1-2H3;1H/t14-,16+;/m1./s1. The van der Waals surface area contributed by atoms with Gasteiger partial charge in [-0.2, -0.15) is 0 Å². The van der Waals surface area contributed by atoms with Crippen molar-refractivity contribution in [1.82, 2.24) is 5.32 Å². The van der Waals surface area contributed by atoms with E-state index in [-0.39, 0.29) is 12.4 Å². The second kappa shape index (κ2) is 5.63. The topological polar surface area (TPSA) is 12.0 Å². The van der Waals surface area contributed by atoms with Crippen molar-refractivity contribution < 1.29 is 0 Å². The van der Waals surface area contributed by atoms with Crippen LogP contribution in [0.4, 0.5) is 0 Å². The molecule has 0 spiro atoms. The van der Waals surface area contributed by atoms with E-state index in [1.54, 1.807) is 0 Å². The van der Waals surface area contributed by atoms with Crippen molar-refractivity contribution in [2.75, 3.05) is 13.1 Å². The van der Waals surface area contributed by atoms with E-state index in [2.05, 4.69) is 31.3 Å². The molecule has 1 aliphatic carbocycles. The Bertz CT molecular complexity index is 472. The van der Waals surface area contributed by atoms with Crippen LogP contribution in [0.3, 0.4) is 0 Å². The minimum Gasteiger partial charge on any atom is -0.316 e. The van der Waals surface area contributed by atoms with Gasteiger partial charge in [0.1, 0.15) is 0 Å². The van der Waals surface area contributed by atoms with Crippen molar-refractivity contribution in [3.8, 4) is 0 Å². The highest BCUT2D eigenvalue weighted by Gasteiger charge is 2.43. The maximum atomic E-state index is 6.62. The van der Waals surface area contributed by atoms with E-state index in [0.717, 1.165) is 31.0 Å². The van der Waals surface area contributed by atoms with Crippen LogP contribution in [-0.2, 0) is 12.8 Å². The normalized spacial score (nSPS) is 28.5. The molecule has 0 amide bonds. The lowest BCUT2D eigenvalue weighted by atomic mass is 9.67. The zero-order chi connectivity index (χ0) is 12.8. The van der Waals surface area contributed by atoms with E-state index in [9.17, 15) is 0 Å². The van der Waals surface area contributed by atoms with Gasteiger partial charge in [-0.25, -0.2) is 0 Å². The smallest absolute Gasteiger partial charge is 0.0472 e.